The van der Waals surface area contributed by atoms with Crippen molar-refractivity contribution in [2.75, 3.05) is 13.6 Å². The first kappa shape index (κ1) is 9.22. The fourth-order valence-electron chi connectivity index (χ4n) is 1.12. The maximum absolute atomic E-state index is 9.40. The predicted molar refractivity (Wildman–Crippen MR) is 46.8 cm³/mol. The van der Waals surface area contributed by atoms with E-state index < -0.39 is 0 Å². The van der Waals surface area contributed by atoms with E-state index in [0.29, 0.717) is 13.0 Å². The average molecular weight is 169 g/mol. The van der Waals surface area contributed by atoms with E-state index >= 15 is 0 Å². The Balaban J connectivity index is 2.41. The number of aliphatic hydroxyl groups is 1. The van der Waals surface area contributed by atoms with Gasteiger partial charge in [-0.15, -0.1) is 0 Å². The molecule has 0 bridgehead atoms. The number of hydrogen-bond donors (Lipinski definition) is 2. The summed E-state index contributed by atoms with van der Waals surface area (Å²) in [6, 6.07) is 1.92. The molecule has 4 nitrogen and oxygen atoms in total. The van der Waals surface area contributed by atoms with Crippen molar-refractivity contribution < 1.29 is 5.11 Å². The van der Waals surface area contributed by atoms with Crippen molar-refractivity contribution in [1.82, 2.24) is 15.1 Å². The van der Waals surface area contributed by atoms with Crippen LogP contribution in [0.5, 0.6) is 0 Å². The second-order valence-electron chi connectivity index (χ2n) is 2.90. The molecule has 4 heteroatoms. The summed E-state index contributed by atoms with van der Waals surface area (Å²) in [6.45, 7) is 0.608. The molecule has 1 heterocycles. The average Bonchev–Trinajstić information content (AvgIpc) is 2.36. The molecule has 0 radical (unpaired) electrons. The van der Waals surface area contributed by atoms with Gasteiger partial charge >= 0.3 is 0 Å². The lowest BCUT2D eigenvalue weighted by Gasteiger charge is -2.06. The van der Waals surface area contributed by atoms with E-state index in [0.717, 1.165) is 5.69 Å². The third-order valence-electron chi connectivity index (χ3n) is 1.65. The van der Waals surface area contributed by atoms with Gasteiger partial charge in [0.1, 0.15) is 0 Å². The fourth-order valence-corrected chi connectivity index (χ4v) is 1.12. The van der Waals surface area contributed by atoms with Crippen LogP contribution in [0.1, 0.15) is 5.69 Å². The first-order chi connectivity index (χ1) is 5.72. The molecule has 0 saturated heterocycles. The highest BCUT2D eigenvalue weighted by atomic mass is 16.3. The van der Waals surface area contributed by atoms with Crippen molar-refractivity contribution in [3.05, 3.63) is 18.0 Å². The van der Waals surface area contributed by atoms with E-state index in [1.165, 1.54) is 0 Å². The van der Waals surface area contributed by atoms with Crippen molar-refractivity contribution in [2.45, 2.75) is 12.5 Å². The molecule has 1 rings (SSSR count). The summed E-state index contributed by atoms with van der Waals surface area (Å²) >= 11 is 0. The van der Waals surface area contributed by atoms with E-state index in [1.54, 1.807) is 4.68 Å². The van der Waals surface area contributed by atoms with E-state index in [2.05, 4.69) is 10.4 Å². The van der Waals surface area contributed by atoms with Crippen molar-refractivity contribution in [2.24, 2.45) is 7.05 Å². The van der Waals surface area contributed by atoms with Gasteiger partial charge in [0.2, 0.25) is 0 Å². The molecule has 0 spiro atoms. The highest BCUT2D eigenvalue weighted by Crippen LogP contribution is 1.98. The van der Waals surface area contributed by atoms with Gasteiger partial charge in [-0.2, -0.15) is 5.10 Å². The van der Waals surface area contributed by atoms with Crippen molar-refractivity contribution in [1.29, 1.82) is 0 Å². The smallest absolute Gasteiger partial charge is 0.0720 e. The van der Waals surface area contributed by atoms with Gasteiger partial charge in [-0.1, -0.05) is 0 Å². The molecule has 0 amide bonds. The Kier molecular flexibility index (Phi) is 3.25. The fraction of sp³-hybridized carbons (Fsp3) is 0.625. The van der Waals surface area contributed by atoms with Crippen molar-refractivity contribution >= 4 is 0 Å². The summed E-state index contributed by atoms with van der Waals surface area (Å²) in [4.78, 5) is 0. The molecule has 1 aromatic heterocycles. The maximum Gasteiger partial charge on any atom is 0.0720 e. The Hall–Kier alpha value is -0.870. The number of nitrogens with zero attached hydrogens (tertiary/aromatic N) is 2. The molecule has 0 fully saturated rings. The molecule has 1 aromatic rings. The Morgan fingerprint density at radius 3 is 3.00 bits per heavy atom. The van der Waals surface area contributed by atoms with Crippen LogP contribution in [0.3, 0.4) is 0 Å². The number of aliphatic hydroxyl groups excluding tert-OH is 1. The first-order valence-corrected chi connectivity index (χ1v) is 4.03. The van der Waals surface area contributed by atoms with Crippen molar-refractivity contribution in [3.8, 4) is 0 Å². The van der Waals surface area contributed by atoms with Crippen LogP contribution in [-0.2, 0) is 13.5 Å². The number of nitrogens with one attached hydrogen (secondary N) is 1. The molecule has 0 saturated carbocycles. The van der Waals surface area contributed by atoms with Gasteiger partial charge in [0.15, 0.2) is 0 Å². The number of rotatable bonds is 4. The van der Waals surface area contributed by atoms with Gasteiger partial charge in [0.05, 0.1) is 11.8 Å². The highest BCUT2D eigenvalue weighted by Gasteiger charge is 2.05. The molecule has 12 heavy (non-hydrogen) atoms. The molecule has 68 valence electrons. The number of aromatic nitrogens is 2. The maximum atomic E-state index is 9.40. The minimum atomic E-state index is -0.343. The van der Waals surface area contributed by atoms with Gasteiger partial charge < -0.3 is 10.4 Å². The van der Waals surface area contributed by atoms with Crippen LogP contribution in [-0.4, -0.2) is 34.6 Å². The lowest BCUT2D eigenvalue weighted by Crippen LogP contribution is -2.25. The van der Waals surface area contributed by atoms with Crippen LogP contribution in [0, 0.1) is 0 Å². The molecular weight excluding hydrogens is 154 g/mol. The van der Waals surface area contributed by atoms with E-state index in [1.807, 2.05) is 26.4 Å². The minimum absolute atomic E-state index is 0.343. The monoisotopic (exact) mass is 169 g/mol. The van der Waals surface area contributed by atoms with Crippen LogP contribution in [0.4, 0.5) is 0 Å². The zero-order valence-electron chi connectivity index (χ0n) is 7.49. The lowest BCUT2D eigenvalue weighted by atomic mass is 10.2. The molecule has 0 aliphatic rings. The van der Waals surface area contributed by atoms with E-state index in [4.69, 9.17) is 0 Å². The summed E-state index contributed by atoms with van der Waals surface area (Å²) in [6.07, 6.45) is 2.15. The zero-order valence-corrected chi connectivity index (χ0v) is 7.49. The molecule has 1 unspecified atom stereocenters. The third kappa shape index (κ3) is 2.64. The Morgan fingerprint density at radius 2 is 2.50 bits per heavy atom. The quantitative estimate of drug-likeness (QED) is 0.641. The first-order valence-electron chi connectivity index (χ1n) is 4.03. The Morgan fingerprint density at radius 1 is 1.75 bits per heavy atom. The van der Waals surface area contributed by atoms with Gasteiger partial charge in [-0.3, -0.25) is 4.68 Å². The van der Waals surface area contributed by atoms with Crippen LogP contribution in [0.15, 0.2) is 12.3 Å². The topological polar surface area (TPSA) is 50.1 Å². The summed E-state index contributed by atoms with van der Waals surface area (Å²) in [5.74, 6) is 0. The Labute approximate surface area is 72.2 Å². The molecule has 1 atom stereocenters. The van der Waals surface area contributed by atoms with Crippen LogP contribution < -0.4 is 5.32 Å². The molecular formula is C8H15N3O. The molecule has 0 aromatic carbocycles. The number of hydrogen-bond acceptors (Lipinski definition) is 3. The Bertz CT molecular complexity index is 234. The highest BCUT2D eigenvalue weighted by molar-refractivity contribution is 5.00. The zero-order chi connectivity index (χ0) is 8.97. The largest absolute Gasteiger partial charge is 0.391 e. The minimum Gasteiger partial charge on any atom is -0.391 e. The van der Waals surface area contributed by atoms with E-state index in [-0.39, 0.29) is 6.10 Å². The van der Waals surface area contributed by atoms with Crippen LogP contribution in [0.25, 0.3) is 0 Å². The summed E-state index contributed by atoms with van der Waals surface area (Å²) in [5, 5.41) is 16.5. The van der Waals surface area contributed by atoms with Gasteiger partial charge in [0, 0.05) is 26.2 Å². The lowest BCUT2D eigenvalue weighted by molar-refractivity contribution is 0.173. The molecule has 0 aliphatic heterocycles. The van der Waals surface area contributed by atoms with Gasteiger partial charge in [0.25, 0.3) is 0 Å². The molecule has 2 N–H and O–H groups in total. The van der Waals surface area contributed by atoms with Crippen LogP contribution >= 0.6 is 0 Å². The second-order valence-corrected chi connectivity index (χ2v) is 2.90. The normalized spacial score (nSPS) is 13.2. The van der Waals surface area contributed by atoms with Crippen LogP contribution in [0.2, 0.25) is 0 Å². The SMILES string of the molecule is CNCC(O)Cc1ccn(C)n1. The second kappa shape index (κ2) is 4.23. The number of likely N-dealkylation sites (N-methyl/N-ethyl adjacent to an activating group) is 1. The summed E-state index contributed by atoms with van der Waals surface area (Å²) in [5.41, 5.74) is 0.931. The van der Waals surface area contributed by atoms with E-state index in [9.17, 15) is 5.11 Å². The summed E-state index contributed by atoms with van der Waals surface area (Å²) < 4.78 is 1.74. The standard InChI is InChI=1S/C8H15N3O/c1-9-6-8(12)5-7-3-4-11(2)10-7/h3-4,8-9,12H,5-6H2,1-2H3. The van der Waals surface area contributed by atoms with Crippen molar-refractivity contribution in [3.63, 3.8) is 0 Å². The summed E-state index contributed by atoms with van der Waals surface area (Å²) in [7, 11) is 3.69. The van der Waals surface area contributed by atoms with Gasteiger partial charge in [-0.05, 0) is 13.1 Å². The predicted octanol–water partition coefficient (Wildman–Crippen LogP) is -0.457. The number of aryl methyl sites for hydroxylation is 1. The van der Waals surface area contributed by atoms with Gasteiger partial charge in [-0.25, -0.2) is 0 Å². The third-order valence-corrected chi connectivity index (χ3v) is 1.65. The molecule has 0 aliphatic carbocycles.